The molecule has 0 radical (unpaired) electrons. The highest BCUT2D eigenvalue weighted by molar-refractivity contribution is 6.31. The lowest BCUT2D eigenvalue weighted by Gasteiger charge is -2.42. The van der Waals surface area contributed by atoms with E-state index in [0.29, 0.717) is 17.2 Å². The van der Waals surface area contributed by atoms with Gasteiger partial charge in [-0.25, -0.2) is 0 Å². The molecule has 2 nitrogen and oxygen atoms in total. The zero-order valence-electron chi connectivity index (χ0n) is 10.4. The van der Waals surface area contributed by atoms with E-state index in [1.165, 1.54) is 0 Å². The number of hydrogen-bond donors (Lipinski definition) is 0. The third-order valence-electron chi connectivity index (χ3n) is 3.74. The average molecular weight is 252 g/mol. The molecule has 17 heavy (non-hydrogen) atoms. The molecule has 1 aliphatic carbocycles. The molecule has 1 fully saturated rings. The van der Waals surface area contributed by atoms with Gasteiger partial charge in [0.1, 0.15) is 5.54 Å². The number of Topliss-reactive ketones (excluding diaryl/α,β-unsaturated/α-hetero) is 1. The van der Waals surface area contributed by atoms with Crippen molar-refractivity contribution < 1.29 is 4.79 Å². The van der Waals surface area contributed by atoms with E-state index in [4.69, 9.17) is 11.6 Å². The first-order valence-electron chi connectivity index (χ1n) is 6.05. The normalized spacial score (nSPS) is 25.3. The van der Waals surface area contributed by atoms with Crippen LogP contribution in [0.2, 0.25) is 5.02 Å². The van der Waals surface area contributed by atoms with Crippen molar-refractivity contribution >= 4 is 17.4 Å². The Balaban J connectivity index is 2.55. The summed E-state index contributed by atoms with van der Waals surface area (Å²) in [7, 11) is 3.93. The lowest BCUT2D eigenvalue weighted by atomic mass is 9.74. The second-order valence-corrected chi connectivity index (χ2v) is 5.27. The summed E-state index contributed by atoms with van der Waals surface area (Å²) in [6, 6.07) is 7.70. The predicted molar refractivity (Wildman–Crippen MR) is 70.3 cm³/mol. The van der Waals surface area contributed by atoms with Crippen LogP contribution in [-0.2, 0) is 10.3 Å². The molecule has 1 saturated carbocycles. The molecule has 0 N–H and O–H groups in total. The Morgan fingerprint density at radius 3 is 2.53 bits per heavy atom. The summed E-state index contributed by atoms with van der Waals surface area (Å²) in [5.74, 6) is 0.293. The van der Waals surface area contributed by atoms with Crippen LogP contribution in [0.3, 0.4) is 0 Å². The van der Waals surface area contributed by atoms with E-state index < -0.39 is 5.54 Å². The molecule has 3 heteroatoms. The summed E-state index contributed by atoms with van der Waals surface area (Å²) in [5.41, 5.74) is 0.438. The quantitative estimate of drug-likeness (QED) is 0.804. The summed E-state index contributed by atoms with van der Waals surface area (Å²) in [4.78, 5) is 14.4. The van der Waals surface area contributed by atoms with Gasteiger partial charge in [-0.05, 0) is 38.6 Å². The topological polar surface area (TPSA) is 20.3 Å². The molecule has 0 saturated heterocycles. The summed E-state index contributed by atoms with van der Waals surface area (Å²) >= 11 is 6.28. The molecule has 0 aromatic heterocycles. The molecule has 0 amide bonds. The molecule has 1 aromatic carbocycles. The van der Waals surface area contributed by atoms with E-state index >= 15 is 0 Å². The Hall–Kier alpha value is -0.860. The minimum absolute atomic E-state index is 0.293. The van der Waals surface area contributed by atoms with Gasteiger partial charge >= 0.3 is 0 Å². The molecule has 1 unspecified atom stereocenters. The standard InChI is InChI=1S/C14H18ClNO/c1-16(2)14(10-6-5-9-13(14)17)11-7-3-4-8-12(11)15/h3-4,7-8H,5-6,9-10H2,1-2H3. The maximum atomic E-state index is 12.4. The zero-order valence-corrected chi connectivity index (χ0v) is 11.1. The van der Waals surface area contributed by atoms with E-state index in [1.54, 1.807) is 0 Å². The van der Waals surface area contributed by atoms with Crippen LogP contribution in [0, 0.1) is 0 Å². The minimum Gasteiger partial charge on any atom is -0.297 e. The third kappa shape index (κ3) is 2.00. The minimum atomic E-state index is -0.517. The molecule has 1 aliphatic rings. The van der Waals surface area contributed by atoms with Crippen LogP contribution in [0.25, 0.3) is 0 Å². The van der Waals surface area contributed by atoms with Gasteiger partial charge in [0.25, 0.3) is 0 Å². The first kappa shape index (κ1) is 12.6. The lowest BCUT2D eigenvalue weighted by molar-refractivity contribution is -0.133. The summed E-state index contributed by atoms with van der Waals surface area (Å²) < 4.78 is 0. The van der Waals surface area contributed by atoms with Crippen molar-refractivity contribution in [2.24, 2.45) is 0 Å². The summed E-state index contributed by atoms with van der Waals surface area (Å²) in [5, 5.41) is 0.691. The maximum Gasteiger partial charge on any atom is 0.157 e. The predicted octanol–water partition coefficient (Wildman–Crippen LogP) is 3.24. The van der Waals surface area contributed by atoms with Gasteiger partial charge in [-0.15, -0.1) is 0 Å². The smallest absolute Gasteiger partial charge is 0.157 e. The van der Waals surface area contributed by atoms with E-state index in [1.807, 2.05) is 43.3 Å². The van der Waals surface area contributed by atoms with Crippen LogP contribution >= 0.6 is 11.6 Å². The van der Waals surface area contributed by atoms with Gasteiger partial charge < -0.3 is 0 Å². The zero-order chi connectivity index (χ0) is 12.5. The van der Waals surface area contributed by atoms with E-state index in [9.17, 15) is 4.79 Å². The number of benzene rings is 1. The SMILES string of the molecule is CN(C)C1(c2ccccc2Cl)CCCCC1=O. The van der Waals surface area contributed by atoms with Gasteiger partial charge in [-0.1, -0.05) is 36.2 Å². The fraction of sp³-hybridized carbons (Fsp3) is 0.500. The maximum absolute atomic E-state index is 12.4. The Kier molecular flexibility index (Phi) is 3.55. The lowest BCUT2D eigenvalue weighted by Crippen LogP contribution is -2.50. The molecular formula is C14H18ClNO. The molecule has 0 heterocycles. The van der Waals surface area contributed by atoms with Gasteiger partial charge in [-0.2, -0.15) is 0 Å². The largest absolute Gasteiger partial charge is 0.297 e. The second kappa shape index (κ2) is 4.79. The number of rotatable bonds is 2. The van der Waals surface area contributed by atoms with E-state index in [0.717, 1.165) is 24.8 Å². The van der Waals surface area contributed by atoms with Crippen molar-refractivity contribution in [3.63, 3.8) is 0 Å². The van der Waals surface area contributed by atoms with Crippen LogP contribution in [0.4, 0.5) is 0 Å². The van der Waals surface area contributed by atoms with Crippen LogP contribution in [-0.4, -0.2) is 24.8 Å². The number of carbonyl (C=O) groups is 1. The molecule has 1 aromatic rings. The Labute approximate surface area is 108 Å². The van der Waals surface area contributed by atoms with Crippen LogP contribution < -0.4 is 0 Å². The van der Waals surface area contributed by atoms with Gasteiger partial charge in [0.2, 0.25) is 0 Å². The highest BCUT2D eigenvalue weighted by Gasteiger charge is 2.44. The van der Waals surface area contributed by atoms with Gasteiger partial charge in [0.05, 0.1) is 0 Å². The second-order valence-electron chi connectivity index (χ2n) is 4.86. The number of halogens is 1. The number of likely N-dealkylation sites (N-methyl/N-ethyl adjacent to an activating group) is 1. The molecular weight excluding hydrogens is 234 g/mol. The first-order chi connectivity index (χ1) is 8.09. The number of nitrogens with zero attached hydrogens (tertiary/aromatic N) is 1. The van der Waals surface area contributed by atoms with E-state index in [-0.39, 0.29) is 0 Å². The van der Waals surface area contributed by atoms with Crippen molar-refractivity contribution in [2.75, 3.05) is 14.1 Å². The fourth-order valence-electron chi connectivity index (χ4n) is 2.81. The fourth-order valence-corrected chi connectivity index (χ4v) is 3.10. The third-order valence-corrected chi connectivity index (χ3v) is 4.07. The summed E-state index contributed by atoms with van der Waals surface area (Å²) in [6.45, 7) is 0. The molecule has 2 rings (SSSR count). The first-order valence-corrected chi connectivity index (χ1v) is 6.42. The average Bonchev–Trinajstić information content (AvgIpc) is 2.30. The van der Waals surface area contributed by atoms with Gasteiger partial charge in [0.15, 0.2) is 5.78 Å². The molecule has 0 spiro atoms. The molecule has 0 aliphatic heterocycles. The van der Waals surface area contributed by atoms with Crippen molar-refractivity contribution in [2.45, 2.75) is 31.2 Å². The van der Waals surface area contributed by atoms with Crippen molar-refractivity contribution in [1.29, 1.82) is 0 Å². The Morgan fingerprint density at radius 1 is 1.24 bits per heavy atom. The van der Waals surface area contributed by atoms with Crippen molar-refractivity contribution in [1.82, 2.24) is 4.90 Å². The Morgan fingerprint density at radius 2 is 1.94 bits per heavy atom. The number of hydrogen-bond acceptors (Lipinski definition) is 2. The molecule has 0 bridgehead atoms. The highest BCUT2D eigenvalue weighted by Crippen LogP contribution is 2.41. The number of ketones is 1. The van der Waals surface area contributed by atoms with Crippen LogP contribution in [0.5, 0.6) is 0 Å². The monoisotopic (exact) mass is 251 g/mol. The van der Waals surface area contributed by atoms with Crippen molar-refractivity contribution in [3.05, 3.63) is 34.9 Å². The van der Waals surface area contributed by atoms with Crippen LogP contribution in [0.15, 0.2) is 24.3 Å². The van der Waals surface area contributed by atoms with Crippen molar-refractivity contribution in [3.8, 4) is 0 Å². The Bertz CT molecular complexity index is 430. The molecule has 1 atom stereocenters. The van der Waals surface area contributed by atoms with Gasteiger partial charge in [0, 0.05) is 11.4 Å². The van der Waals surface area contributed by atoms with Crippen LogP contribution in [0.1, 0.15) is 31.2 Å². The number of carbonyl (C=O) groups excluding carboxylic acids is 1. The highest BCUT2D eigenvalue weighted by atomic mass is 35.5. The summed E-state index contributed by atoms with van der Waals surface area (Å²) in [6.07, 6.45) is 3.60. The molecule has 92 valence electrons. The van der Waals surface area contributed by atoms with Gasteiger partial charge in [-0.3, -0.25) is 9.69 Å². The van der Waals surface area contributed by atoms with E-state index in [2.05, 4.69) is 0 Å².